The topological polar surface area (TPSA) is 49.4 Å². The smallest absolute Gasteiger partial charge is 0.257 e. The molecule has 2 amide bonds. The molecule has 7 heteroatoms. The average Bonchev–Trinajstić information content (AvgIpc) is 2.51. The van der Waals surface area contributed by atoms with Gasteiger partial charge in [-0.15, -0.1) is 0 Å². The van der Waals surface area contributed by atoms with Gasteiger partial charge in [0, 0.05) is 11.5 Å². The summed E-state index contributed by atoms with van der Waals surface area (Å²) in [5, 5.41) is 2.63. The summed E-state index contributed by atoms with van der Waals surface area (Å²) >= 11 is 3.29. The summed E-state index contributed by atoms with van der Waals surface area (Å²) in [5.41, 5.74) is 0.136. The highest BCUT2D eigenvalue weighted by atomic mass is 79.9. The van der Waals surface area contributed by atoms with Gasteiger partial charge in [0.25, 0.3) is 5.91 Å². The van der Waals surface area contributed by atoms with Gasteiger partial charge >= 0.3 is 0 Å². The van der Waals surface area contributed by atoms with Crippen molar-refractivity contribution >= 4 is 33.4 Å². The Hall–Kier alpha value is -2.28. The zero-order valence-corrected chi connectivity index (χ0v) is 13.7. The molecule has 0 saturated carbocycles. The molecule has 23 heavy (non-hydrogen) atoms. The van der Waals surface area contributed by atoms with E-state index in [9.17, 15) is 18.4 Å². The van der Waals surface area contributed by atoms with Crippen LogP contribution in [0.1, 0.15) is 10.4 Å². The van der Waals surface area contributed by atoms with E-state index in [1.54, 1.807) is 24.3 Å². The van der Waals surface area contributed by atoms with Crippen LogP contribution in [0.3, 0.4) is 0 Å². The number of benzene rings is 2. The second kappa shape index (κ2) is 7.32. The molecule has 0 bridgehead atoms. The summed E-state index contributed by atoms with van der Waals surface area (Å²) in [6, 6.07) is 9.59. The molecule has 1 N–H and O–H groups in total. The summed E-state index contributed by atoms with van der Waals surface area (Å²) in [7, 11) is 1.34. The number of likely N-dealkylation sites (N-methyl/N-ethyl adjacent to an activating group) is 1. The van der Waals surface area contributed by atoms with E-state index < -0.39 is 29.0 Å². The highest BCUT2D eigenvalue weighted by Gasteiger charge is 2.19. The number of hydrogen-bond acceptors (Lipinski definition) is 2. The largest absolute Gasteiger partial charge is 0.332 e. The van der Waals surface area contributed by atoms with E-state index in [4.69, 9.17) is 0 Å². The van der Waals surface area contributed by atoms with Gasteiger partial charge in [0.05, 0.1) is 17.8 Å². The van der Waals surface area contributed by atoms with E-state index >= 15 is 0 Å². The maximum Gasteiger partial charge on any atom is 0.257 e. The van der Waals surface area contributed by atoms with Crippen LogP contribution in [-0.4, -0.2) is 30.3 Å². The molecule has 0 radical (unpaired) electrons. The lowest BCUT2D eigenvalue weighted by Gasteiger charge is -2.17. The van der Waals surface area contributed by atoms with Crippen LogP contribution in [0.2, 0.25) is 0 Å². The number of anilines is 1. The number of para-hydroxylation sites is 1. The number of amides is 2. The van der Waals surface area contributed by atoms with Gasteiger partial charge in [0.15, 0.2) is 0 Å². The molecule has 2 aromatic carbocycles. The molecule has 120 valence electrons. The molecule has 0 saturated heterocycles. The quantitative estimate of drug-likeness (QED) is 0.880. The van der Waals surface area contributed by atoms with Crippen LogP contribution in [0.15, 0.2) is 46.9 Å². The Kier molecular flexibility index (Phi) is 5.44. The summed E-state index contributed by atoms with van der Waals surface area (Å²) < 4.78 is 27.4. The Morgan fingerprint density at radius 1 is 1.17 bits per heavy atom. The molecular formula is C16H13BrF2N2O2. The predicted octanol–water partition coefficient (Wildman–Crippen LogP) is 3.44. The summed E-state index contributed by atoms with van der Waals surface area (Å²) in [6.45, 7) is -0.296. The number of carbonyl (C=O) groups is 2. The van der Waals surface area contributed by atoms with Gasteiger partial charge in [0.2, 0.25) is 5.91 Å². The number of nitrogens with zero attached hydrogens (tertiary/aromatic N) is 1. The Labute approximate surface area is 140 Å². The molecule has 4 nitrogen and oxygen atoms in total. The van der Waals surface area contributed by atoms with Gasteiger partial charge in [-0.3, -0.25) is 9.59 Å². The van der Waals surface area contributed by atoms with E-state index in [2.05, 4.69) is 21.2 Å². The summed E-state index contributed by atoms with van der Waals surface area (Å²) in [6.07, 6.45) is 0. The normalized spacial score (nSPS) is 10.3. The van der Waals surface area contributed by atoms with E-state index in [1.165, 1.54) is 7.05 Å². The first-order chi connectivity index (χ1) is 10.9. The van der Waals surface area contributed by atoms with Gasteiger partial charge in [-0.05, 0) is 46.3 Å². The van der Waals surface area contributed by atoms with Crippen molar-refractivity contribution in [3.05, 3.63) is 64.1 Å². The van der Waals surface area contributed by atoms with Crippen LogP contribution >= 0.6 is 15.9 Å². The number of halogens is 3. The first-order valence-electron chi connectivity index (χ1n) is 6.63. The van der Waals surface area contributed by atoms with Crippen molar-refractivity contribution in [3.63, 3.8) is 0 Å². The van der Waals surface area contributed by atoms with Gasteiger partial charge in [-0.1, -0.05) is 12.1 Å². The Morgan fingerprint density at radius 2 is 1.87 bits per heavy atom. The van der Waals surface area contributed by atoms with Crippen LogP contribution in [-0.2, 0) is 4.79 Å². The molecule has 0 aliphatic carbocycles. The van der Waals surface area contributed by atoms with Gasteiger partial charge in [-0.25, -0.2) is 8.78 Å². The zero-order valence-electron chi connectivity index (χ0n) is 12.1. The molecular weight excluding hydrogens is 370 g/mol. The predicted molar refractivity (Wildman–Crippen MR) is 86.1 cm³/mol. The third kappa shape index (κ3) is 4.35. The first kappa shape index (κ1) is 17.1. The van der Waals surface area contributed by atoms with E-state index in [-0.39, 0.29) is 6.54 Å². The number of rotatable bonds is 4. The van der Waals surface area contributed by atoms with Crippen molar-refractivity contribution in [2.45, 2.75) is 0 Å². The molecule has 0 unspecified atom stereocenters. The molecule has 0 aromatic heterocycles. The van der Waals surface area contributed by atoms with E-state index in [1.807, 2.05) is 0 Å². The standard InChI is InChI=1S/C16H13BrF2N2O2/c1-21(16(23)11-8-10(18)6-7-13(11)19)9-15(22)20-14-5-3-2-4-12(14)17/h2-8H,9H2,1H3,(H,20,22). The van der Waals surface area contributed by atoms with Crippen molar-refractivity contribution in [1.29, 1.82) is 0 Å². The third-order valence-corrected chi connectivity index (χ3v) is 3.73. The molecule has 0 aliphatic heterocycles. The zero-order chi connectivity index (χ0) is 17.0. The van der Waals surface area contributed by atoms with Gasteiger partial charge in [0.1, 0.15) is 11.6 Å². The monoisotopic (exact) mass is 382 g/mol. The molecule has 0 aliphatic rings. The average molecular weight is 383 g/mol. The van der Waals surface area contributed by atoms with Crippen LogP contribution < -0.4 is 5.32 Å². The van der Waals surface area contributed by atoms with Crippen LogP contribution in [0.5, 0.6) is 0 Å². The second-order valence-electron chi connectivity index (χ2n) is 4.81. The fourth-order valence-electron chi connectivity index (χ4n) is 1.91. The van der Waals surface area contributed by atoms with Crippen molar-refractivity contribution in [2.24, 2.45) is 0 Å². The third-order valence-electron chi connectivity index (χ3n) is 3.03. The molecule has 0 fully saturated rings. The lowest BCUT2D eigenvalue weighted by atomic mass is 10.2. The van der Waals surface area contributed by atoms with Crippen molar-refractivity contribution < 1.29 is 18.4 Å². The molecule has 0 heterocycles. The summed E-state index contributed by atoms with van der Waals surface area (Å²) in [4.78, 5) is 25.1. The minimum absolute atomic E-state index is 0.296. The summed E-state index contributed by atoms with van der Waals surface area (Å²) in [5.74, 6) is -2.79. The molecule has 0 spiro atoms. The number of hydrogen-bond donors (Lipinski definition) is 1. The maximum absolute atomic E-state index is 13.6. The lowest BCUT2D eigenvalue weighted by Crippen LogP contribution is -2.35. The molecule has 2 aromatic rings. The van der Waals surface area contributed by atoms with Crippen molar-refractivity contribution in [1.82, 2.24) is 4.90 Å². The van der Waals surface area contributed by atoms with Gasteiger partial charge < -0.3 is 10.2 Å². The number of carbonyl (C=O) groups excluding carboxylic acids is 2. The van der Waals surface area contributed by atoms with Crippen molar-refractivity contribution in [3.8, 4) is 0 Å². The molecule has 2 rings (SSSR count). The first-order valence-corrected chi connectivity index (χ1v) is 7.42. The van der Waals surface area contributed by atoms with Crippen LogP contribution in [0, 0.1) is 11.6 Å². The minimum Gasteiger partial charge on any atom is -0.332 e. The second-order valence-corrected chi connectivity index (χ2v) is 5.67. The Bertz CT molecular complexity index is 753. The van der Waals surface area contributed by atoms with E-state index in [0.717, 1.165) is 23.1 Å². The highest BCUT2D eigenvalue weighted by molar-refractivity contribution is 9.10. The van der Waals surface area contributed by atoms with Crippen LogP contribution in [0.25, 0.3) is 0 Å². The number of nitrogens with one attached hydrogen (secondary N) is 1. The highest BCUT2D eigenvalue weighted by Crippen LogP contribution is 2.21. The minimum atomic E-state index is -0.838. The van der Waals surface area contributed by atoms with Crippen LogP contribution in [0.4, 0.5) is 14.5 Å². The fraction of sp³-hybridized carbons (Fsp3) is 0.125. The Balaban J connectivity index is 2.05. The fourth-order valence-corrected chi connectivity index (χ4v) is 2.29. The SMILES string of the molecule is CN(CC(=O)Nc1ccccc1Br)C(=O)c1cc(F)ccc1F. The Morgan fingerprint density at radius 3 is 2.57 bits per heavy atom. The maximum atomic E-state index is 13.6. The van der Waals surface area contributed by atoms with Gasteiger partial charge in [-0.2, -0.15) is 0 Å². The molecule has 0 atom stereocenters. The van der Waals surface area contributed by atoms with E-state index in [0.29, 0.717) is 10.2 Å². The van der Waals surface area contributed by atoms with Crippen molar-refractivity contribution in [2.75, 3.05) is 18.9 Å². The lowest BCUT2D eigenvalue weighted by molar-refractivity contribution is -0.116.